The Balaban J connectivity index is 2.04. The molecule has 2 heterocycles. The minimum Gasteiger partial charge on any atom is -0.397 e. The van der Waals surface area contributed by atoms with Crippen molar-refractivity contribution in [3.05, 3.63) is 49.9 Å². The van der Waals surface area contributed by atoms with Crippen molar-refractivity contribution in [3.63, 3.8) is 0 Å². The molecule has 1 aromatic carbocycles. The molecule has 0 aliphatic heterocycles. The summed E-state index contributed by atoms with van der Waals surface area (Å²) in [6.07, 6.45) is 0. The first-order valence-corrected chi connectivity index (χ1v) is 9.68. The summed E-state index contributed by atoms with van der Waals surface area (Å²) in [5, 5.41) is 3.80. The Hall–Kier alpha value is -1.96. The van der Waals surface area contributed by atoms with Gasteiger partial charge in [-0.15, -0.1) is 11.3 Å². The van der Waals surface area contributed by atoms with Crippen LogP contribution < -0.4 is 11.1 Å². The van der Waals surface area contributed by atoms with Crippen LogP contribution in [0.25, 0.3) is 10.2 Å². The number of hydrogen-bond donors (Lipinski definition) is 2. The van der Waals surface area contributed by atoms with Crippen molar-refractivity contribution in [2.75, 3.05) is 18.2 Å². The number of amides is 1. The van der Waals surface area contributed by atoms with E-state index in [0.29, 0.717) is 17.2 Å². The van der Waals surface area contributed by atoms with Gasteiger partial charge in [0, 0.05) is 28.4 Å². The van der Waals surface area contributed by atoms with E-state index in [9.17, 15) is 4.79 Å². The first kappa shape index (κ1) is 18.8. The predicted octanol–water partition coefficient (Wildman–Crippen LogP) is 4.96. The van der Waals surface area contributed by atoms with Crippen molar-refractivity contribution in [1.82, 2.24) is 4.98 Å². The van der Waals surface area contributed by atoms with Crippen LogP contribution in [0.2, 0.25) is 0 Å². The number of nitrogens with one attached hydrogen (secondary N) is 1. The Morgan fingerprint density at radius 3 is 2.54 bits per heavy atom. The Labute approximate surface area is 164 Å². The molecule has 0 saturated heterocycles. The number of thiophene rings is 1. The molecule has 3 rings (SSSR count). The van der Waals surface area contributed by atoms with Crippen molar-refractivity contribution >= 4 is 54.8 Å². The van der Waals surface area contributed by atoms with Crippen molar-refractivity contribution in [2.24, 2.45) is 0 Å². The first-order valence-electron chi connectivity index (χ1n) is 8.07. The van der Waals surface area contributed by atoms with Gasteiger partial charge in [0.1, 0.15) is 9.71 Å². The van der Waals surface area contributed by atoms with Crippen molar-refractivity contribution < 1.29 is 9.53 Å². The van der Waals surface area contributed by atoms with Crippen molar-refractivity contribution in [3.8, 4) is 0 Å². The molecule has 3 N–H and O–H groups in total. The average Bonchev–Trinajstić information content (AvgIpc) is 2.87. The van der Waals surface area contributed by atoms with E-state index in [1.165, 1.54) is 11.3 Å². The van der Waals surface area contributed by atoms with Crippen LogP contribution in [0.3, 0.4) is 0 Å². The highest BCUT2D eigenvalue weighted by atomic mass is 79.9. The molecule has 0 radical (unpaired) electrons. The van der Waals surface area contributed by atoms with E-state index >= 15 is 0 Å². The van der Waals surface area contributed by atoms with Gasteiger partial charge in [-0.1, -0.05) is 15.9 Å². The van der Waals surface area contributed by atoms with Gasteiger partial charge in [0.25, 0.3) is 5.91 Å². The Morgan fingerprint density at radius 2 is 1.92 bits per heavy atom. The number of aryl methyl sites for hydroxylation is 3. The van der Waals surface area contributed by atoms with E-state index in [2.05, 4.69) is 26.2 Å². The molecule has 0 aliphatic carbocycles. The number of halogens is 1. The van der Waals surface area contributed by atoms with Crippen LogP contribution in [0.15, 0.2) is 22.7 Å². The average molecular weight is 434 g/mol. The molecular formula is C19H20BrN3O2S. The zero-order chi connectivity index (χ0) is 19.0. The summed E-state index contributed by atoms with van der Waals surface area (Å²) in [5.74, 6) is -0.222. The molecule has 3 aromatic rings. The molecular weight excluding hydrogens is 414 g/mol. The maximum Gasteiger partial charge on any atom is 0.267 e. The number of nitrogens with two attached hydrogens (primary N) is 1. The summed E-state index contributed by atoms with van der Waals surface area (Å²) in [4.78, 5) is 18.7. The number of ether oxygens (including phenoxy) is 1. The molecule has 26 heavy (non-hydrogen) atoms. The second-order valence-electron chi connectivity index (χ2n) is 6.25. The monoisotopic (exact) mass is 433 g/mol. The maximum absolute atomic E-state index is 12.9. The number of methoxy groups -OCH3 is 1. The maximum atomic E-state index is 12.9. The summed E-state index contributed by atoms with van der Waals surface area (Å²) in [6, 6.07) is 5.89. The zero-order valence-electron chi connectivity index (χ0n) is 15.1. The van der Waals surface area contributed by atoms with Crippen LogP contribution in [0.5, 0.6) is 0 Å². The number of carbonyl (C=O) groups excluding carboxylic acids is 1. The quantitative estimate of drug-likeness (QED) is 0.608. The number of aromatic nitrogens is 1. The SMILES string of the molecule is COCc1cc(C)nc2sc(C(=O)Nc3c(C)cc(Br)cc3C)c(N)c12. The molecule has 7 heteroatoms. The number of nitrogen functional groups attached to an aromatic ring is 1. The number of hydrogen-bond acceptors (Lipinski definition) is 5. The molecule has 0 fully saturated rings. The van der Waals surface area contributed by atoms with Gasteiger partial charge in [-0.2, -0.15) is 0 Å². The van der Waals surface area contributed by atoms with E-state index in [1.54, 1.807) is 7.11 Å². The van der Waals surface area contributed by atoms with Gasteiger partial charge in [-0.05, 0) is 55.7 Å². The van der Waals surface area contributed by atoms with Gasteiger partial charge < -0.3 is 15.8 Å². The van der Waals surface area contributed by atoms with Crippen LogP contribution in [-0.4, -0.2) is 18.0 Å². The smallest absolute Gasteiger partial charge is 0.267 e. The fraction of sp³-hybridized carbons (Fsp3) is 0.263. The van der Waals surface area contributed by atoms with Gasteiger partial charge in [0.2, 0.25) is 0 Å². The molecule has 0 saturated carbocycles. The largest absolute Gasteiger partial charge is 0.397 e. The van der Waals surface area contributed by atoms with Crippen LogP contribution in [-0.2, 0) is 11.3 Å². The summed E-state index contributed by atoms with van der Waals surface area (Å²) >= 11 is 4.78. The van der Waals surface area contributed by atoms with Crippen LogP contribution >= 0.6 is 27.3 Å². The van der Waals surface area contributed by atoms with Crippen LogP contribution in [0.1, 0.15) is 32.1 Å². The molecule has 0 spiro atoms. The lowest BCUT2D eigenvalue weighted by Gasteiger charge is -2.12. The van der Waals surface area contributed by atoms with E-state index in [4.69, 9.17) is 10.5 Å². The number of anilines is 2. The summed E-state index contributed by atoms with van der Waals surface area (Å²) in [7, 11) is 1.64. The molecule has 1 amide bonds. The van der Waals surface area contributed by atoms with E-state index in [-0.39, 0.29) is 5.91 Å². The van der Waals surface area contributed by atoms with Crippen molar-refractivity contribution in [2.45, 2.75) is 27.4 Å². The number of carbonyl (C=O) groups is 1. The molecule has 2 aromatic heterocycles. The fourth-order valence-corrected chi connectivity index (χ4v) is 4.82. The third-order valence-corrected chi connectivity index (χ3v) is 5.71. The van der Waals surface area contributed by atoms with Gasteiger partial charge >= 0.3 is 0 Å². The lowest BCUT2D eigenvalue weighted by molar-refractivity contribution is 0.103. The minimum atomic E-state index is -0.222. The Kier molecular flexibility index (Phi) is 5.32. The number of benzene rings is 1. The van der Waals surface area contributed by atoms with Crippen LogP contribution in [0.4, 0.5) is 11.4 Å². The van der Waals surface area contributed by atoms with E-state index in [1.807, 2.05) is 39.0 Å². The Morgan fingerprint density at radius 1 is 1.27 bits per heavy atom. The van der Waals surface area contributed by atoms with Crippen molar-refractivity contribution in [1.29, 1.82) is 0 Å². The molecule has 0 atom stereocenters. The molecule has 0 unspecified atom stereocenters. The van der Waals surface area contributed by atoms with Gasteiger partial charge in [-0.25, -0.2) is 4.98 Å². The highest BCUT2D eigenvalue weighted by molar-refractivity contribution is 9.10. The summed E-state index contributed by atoms with van der Waals surface area (Å²) in [6.45, 7) is 6.27. The second-order valence-corrected chi connectivity index (χ2v) is 8.16. The minimum absolute atomic E-state index is 0.222. The topological polar surface area (TPSA) is 77.2 Å². The van der Waals surface area contributed by atoms with Gasteiger partial charge in [-0.3, -0.25) is 4.79 Å². The van der Waals surface area contributed by atoms with E-state index in [0.717, 1.165) is 42.8 Å². The standard InChI is InChI=1S/C19H20BrN3O2S/c1-9-5-13(20)6-10(2)16(9)23-18(24)17-15(21)14-12(8-25-4)7-11(3)22-19(14)26-17/h5-7H,8,21H2,1-4H3,(H,23,24). The second kappa shape index (κ2) is 7.34. The highest BCUT2D eigenvalue weighted by Gasteiger charge is 2.21. The number of pyridine rings is 1. The fourth-order valence-electron chi connectivity index (χ4n) is 3.05. The third-order valence-electron chi connectivity index (χ3n) is 4.15. The summed E-state index contributed by atoms with van der Waals surface area (Å²) in [5.41, 5.74) is 11.4. The summed E-state index contributed by atoms with van der Waals surface area (Å²) < 4.78 is 6.25. The first-order chi connectivity index (χ1) is 12.3. The predicted molar refractivity (Wildman–Crippen MR) is 111 cm³/mol. The lowest BCUT2D eigenvalue weighted by Crippen LogP contribution is -2.14. The molecule has 0 aliphatic rings. The highest BCUT2D eigenvalue weighted by Crippen LogP contribution is 2.36. The number of rotatable bonds is 4. The van der Waals surface area contributed by atoms with Crippen LogP contribution in [0, 0.1) is 20.8 Å². The molecule has 5 nitrogen and oxygen atoms in total. The number of nitrogens with zero attached hydrogens (tertiary/aromatic N) is 1. The third kappa shape index (κ3) is 3.47. The zero-order valence-corrected chi connectivity index (χ0v) is 17.5. The lowest BCUT2D eigenvalue weighted by atomic mass is 10.1. The normalized spacial score (nSPS) is 11.1. The van der Waals surface area contributed by atoms with Gasteiger partial charge in [0.05, 0.1) is 12.3 Å². The van der Waals surface area contributed by atoms with Gasteiger partial charge in [0.15, 0.2) is 0 Å². The Bertz CT molecular complexity index is 991. The number of fused-ring (bicyclic) bond motifs is 1. The van der Waals surface area contributed by atoms with E-state index < -0.39 is 0 Å². The molecule has 136 valence electrons. The molecule has 0 bridgehead atoms.